The third-order valence-electron chi connectivity index (χ3n) is 2.30. The summed E-state index contributed by atoms with van der Waals surface area (Å²) >= 11 is 0. The van der Waals surface area contributed by atoms with Crippen LogP contribution in [0.15, 0.2) is 36.4 Å². The molecule has 1 rings (SSSR count). The van der Waals surface area contributed by atoms with E-state index in [-0.39, 0.29) is 0 Å². The minimum absolute atomic E-state index is 0.351. The van der Waals surface area contributed by atoms with Crippen LogP contribution in [0.1, 0.15) is 18.4 Å². The van der Waals surface area contributed by atoms with Gasteiger partial charge in [-0.15, -0.1) is 0 Å². The van der Waals surface area contributed by atoms with Crippen molar-refractivity contribution in [3.63, 3.8) is 0 Å². The molecular formula is C13H16NO4P. The largest absolute Gasteiger partial charge is 0.529 e. The molecule has 0 aliphatic heterocycles. The highest BCUT2D eigenvalue weighted by Crippen LogP contribution is 2.51. The summed E-state index contributed by atoms with van der Waals surface area (Å²) in [7, 11) is -1.10. The number of rotatable bonds is 7. The van der Waals surface area contributed by atoms with Gasteiger partial charge in [0.25, 0.3) is 0 Å². The van der Waals surface area contributed by atoms with Crippen molar-refractivity contribution >= 4 is 13.6 Å². The zero-order valence-corrected chi connectivity index (χ0v) is 11.8. The lowest BCUT2D eigenvalue weighted by molar-refractivity contribution is 0.201. The van der Waals surface area contributed by atoms with Gasteiger partial charge in [0.2, 0.25) is 0 Å². The molecule has 0 amide bonds. The molecule has 0 unspecified atom stereocenters. The normalized spacial score (nSPS) is 11.9. The van der Waals surface area contributed by atoms with Gasteiger partial charge in [0.05, 0.1) is 6.07 Å². The van der Waals surface area contributed by atoms with Crippen LogP contribution in [0.25, 0.3) is 5.76 Å². The maximum Gasteiger partial charge on any atom is 0.529 e. The molecule has 0 aromatic heterocycles. The van der Waals surface area contributed by atoms with E-state index in [2.05, 4.69) is 0 Å². The van der Waals surface area contributed by atoms with E-state index in [1.165, 1.54) is 14.2 Å². The molecule has 1 aromatic rings. The zero-order valence-electron chi connectivity index (χ0n) is 10.9. The maximum atomic E-state index is 12.0. The van der Waals surface area contributed by atoms with E-state index >= 15 is 0 Å². The van der Waals surface area contributed by atoms with Gasteiger partial charge in [-0.3, -0.25) is 9.05 Å². The maximum absolute atomic E-state index is 12.0. The van der Waals surface area contributed by atoms with E-state index < -0.39 is 7.82 Å². The van der Waals surface area contributed by atoms with Crippen molar-refractivity contribution in [2.75, 3.05) is 14.2 Å². The van der Waals surface area contributed by atoms with E-state index in [1.807, 2.05) is 36.4 Å². The van der Waals surface area contributed by atoms with Gasteiger partial charge in [-0.05, 0) is 12.5 Å². The molecule has 0 heterocycles. The average Bonchev–Trinajstić information content (AvgIpc) is 2.47. The second-order valence-corrected chi connectivity index (χ2v) is 5.34. The molecule has 0 N–H and O–H groups in total. The van der Waals surface area contributed by atoms with E-state index in [1.54, 1.807) is 6.08 Å². The van der Waals surface area contributed by atoms with Gasteiger partial charge in [-0.1, -0.05) is 30.3 Å². The quantitative estimate of drug-likeness (QED) is 0.432. The van der Waals surface area contributed by atoms with Crippen molar-refractivity contribution in [3.8, 4) is 6.07 Å². The Bertz CT molecular complexity index is 499. The highest BCUT2D eigenvalue weighted by Gasteiger charge is 2.26. The second-order valence-electron chi connectivity index (χ2n) is 3.53. The van der Waals surface area contributed by atoms with Crippen molar-refractivity contribution in [2.24, 2.45) is 0 Å². The highest BCUT2D eigenvalue weighted by molar-refractivity contribution is 7.48. The fourth-order valence-corrected chi connectivity index (χ4v) is 2.07. The summed E-state index contributed by atoms with van der Waals surface area (Å²) in [6, 6.07) is 11.2. The van der Waals surface area contributed by atoms with Gasteiger partial charge in [-0.2, -0.15) is 5.26 Å². The summed E-state index contributed by atoms with van der Waals surface area (Å²) in [6.07, 6.45) is 2.54. The summed E-state index contributed by atoms with van der Waals surface area (Å²) in [6.45, 7) is 0. The number of nitriles is 1. The van der Waals surface area contributed by atoms with Crippen LogP contribution in [-0.2, 0) is 18.1 Å². The van der Waals surface area contributed by atoms with Gasteiger partial charge in [0.15, 0.2) is 0 Å². The molecular weight excluding hydrogens is 265 g/mol. The summed E-state index contributed by atoms with van der Waals surface area (Å²) in [5, 5.41) is 8.55. The first-order chi connectivity index (χ1) is 9.15. The SMILES string of the molecule is COP(=O)(OC)O/C(=C/CCC#N)c1ccccc1. The standard InChI is InChI=1S/C13H16NO4P/c1-16-19(15,17-2)18-13(10-6-7-11-14)12-8-4-3-5-9-12/h3-5,8-10H,6-7H2,1-2H3/b13-10+. The van der Waals surface area contributed by atoms with Crippen molar-refractivity contribution in [1.29, 1.82) is 5.26 Å². The molecule has 0 saturated carbocycles. The minimum atomic E-state index is -3.60. The molecule has 0 bridgehead atoms. The molecule has 0 spiro atoms. The lowest BCUT2D eigenvalue weighted by atomic mass is 10.1. The number of hydrogen-bond donors (Lipinski definition) is 0. The molecule has 0 fully saturated rings. The summed E-state index contributed by atoms with van der Waals surface area (Å²) in [4.78, 5) is 0. The molecule has 0 aliphatic carbocycles. The number of unbranched alkanes of at least 4 members (excludes halogenated alkanes) is 1. The van der Waals surface area contributed by atoms with Crippen LogP contribution in [0.2, 0.25) is 0 Å². The fraction of sp³-hybridized carbons (Fsp3) is 0.308. The predicted octanol–water partition coefficient (Wildman–Crippen LogP) is 3.75. The third kappa shape index (κ3) is 4.88. The van der Waals surface area contributed by atoms with Gasteiger partial charge in [0.1, 0.15) is 5.76 Å². The molecule has 0 saturated heterocycles. The molecule has 0 radical (unpaired) electrons. The summed E-state index contributed by atoms with van der Waals surface area (Å²) in [5.74, 6) is 0.378. The van der Waals surface area contributed by atoms with Gasteiger partial charge >= 0.3 is 7.82 Å². The monoisotopic (exact) mass is 281 g/mol. The molecule has 0 atom stereocenters. The van der Waals surface area contributed by atoms with Crippen LogP contribution >= 0.6 is 7.82 Å². The Morgan fingerprint density at radius 1 is 1.32 bits per heavy atom. The Kier molecular flexibility index (Phi) is 6.31. The summed E-state index contributed by atoms with van der Waals surface area (Å²) in [5.41, 5.74) is 0.745. The number of hydrogen-bond acceptors (Lipinski definition) is 5. The number of nitrogens with zero attached hydrogens (tertiary/aromatic N) is 1. The second kappa shape index (κ2) is 7.75. The van der Waals surface area contributed by atoms with E-state index in [0.717, 1.165) is 5.56 Å². The number of benzene rings is 1. The van der Waals surface area contributed by atoms with Crippen LogP contribution < -0.4 is 0 Å². The van der Waals surface area contributed by atoms with Gasteiger partial charge in [0, 0.05) is 26.2 Å². The lowest BCUT2D eigenvalue weighted by Gasteiger charge is -2.17. The van der Waals surface area contributed by atoms with Crippen molar-refractivity contribution in [3.05, 3.63) is 42.0 Å². The Hall–Kier alpha value is -1.60. The molecule has 1 aromatic carbocycles. The van der Waals surface area contributed by atoms with Crippen LogP contribution in [-0.4, -0.2) is 14.2 Å². The Morgan fingerprint density at radius 3 is 2.47 bits per heavy atom. The van der Waals surface area contributed by atoms with E-state index in [0.29, 0.717) is 18.6 Å². The third-order valence-corrected chi connectivity index (χ3v) is 3.62. The molecule has 19 heavy (non-hydrogen) atoms. The van der Waals surface area contributed by atoms with Crippen LogP contribution in [0.5, 0.6) is 0 Å². The first-order valence-electron chi connectivity index (χ1n) is 5.69. The van der Waals surface area contributed by atoms with E-state index in [9.17, 15) is 4.57 Å². The zero-order chi connectivity index (χ0) is 14.1. The molecule has 0 aliphatic rings. The Balaban J connectivity index is 2.98. The van der Waals surface area contributed by atoms with Gasteiger partial charge in [-0.25, -0.2) is 4.57 Å². The predicted molar refractivity (Wildman–Crippen MR) is 72.0 cm³/mol. The van der Waals surface area contributed by atoms with Crippen LogP contribution in [0.4, 0.5) is 0 Å². The van der Waals surface area contributed by atoms with Crippen molar-refractivity contribution < 1.29 is 18.1 Å². The van der Waals surface area contributed by atoms with Crippen molar-refractivity contribution in [1.82, 2.24) is 0 Å². The van der Waals surface area contributed by atoms with Crippen LogP contribution in [0.3, 0.4) is 0 Å². The number of phosphoric ester groups is 1. The average molecular weight is 281 g/mol. The first kappa shape index (κ1) is 15.5. The molecule has 102 valence electrons. The smallest absolute Gasteiger partial charge is 0.404 e. The number of allylic oxidation sites excluding steroid dienone is 1. The molecule has 6 heteroatoms. The van der Waals surface area contributed by atoms with Gasteiger partial charge < -0.3 is 4.52 Å². The van der Waals surface area contributed by atoms with Crippen molar-refractivity contribution in [2.45, 2.75) is 12.8 Å². The summed E-state index contributed by atoms with van der Waals surface area (Å²) < 4.78 is 26.8. The molecule has 5 nitrogen and oxygen atoms in total. The lowest BCUT2D eigenvalue weighted by Crippen LogP contribution is -1.95. The van der Waals surface area contributed by atoms with Crippen LogP contribution in [0, 0.1) is 11.3 Å². The topological polar surface area (TPSA) is 68.6 Å². The highest BCUT2D eigenvalue weighted by atomic mass is 31.2. The minimum Gasteiger partial charge on any atom is -0.404 e. The number of phosphoric acid groups is 1. The Labute approximate surface area is 113 Å². The fourth-order valence-electron chi connectivity index (χ4n) is 1.35. The Morgan fingerprint density at radius 2 is 1.95 bits per heavy atom. The first-order valence-corrected chi connectivity index (χ1v) is 7.15. The van der Waals surface area contributed by atoms with E-state index in [4.69, 9.17) is 18.8 Å².